The van der Waals surface area contributed by atoms with Crippen molar-refractivity contribution in [2.24, 2.45) is 0 Å². The molecular weight excluding hydrogens is 245 g/mol. The molecule has 3 rings (SSSR count). The Morgan fingerprint density at radius 1 is 1.16 bits per heavy atom. The summed E-state index contributed by atoms with van der Waals surface area (Å²) < 4.78 is 19.0. The van der Waals surface area contributed by atoms with E-state index in [4.69, 9.17) is 4.74 Å². The molecule has 0 saturated heterocycles. The van der Waals surface area contributed by atoms with Gasteiger partial charge in [0.1, 0.15) is 18.2 Å². The smallest absolute Gasteiger partial charge is 0.254 e. The van der Waals surface area contributed by atoms with Gasteiger partial charge in [0.05, 0.1) is 11.6 Å². The van der Waals surface area contributed by atoms with Gasteiger partial charge in [0.2, 0.25) is 0 Å². The van der Waals surface area contributed by atoms with Gasteiger partial charge in [0.25, 0.3) is 5.91 Å². The zero-order valence-corrected chi connectivity index (χ0v) is 10.1. The summed E-state index contributed by atoms with van der Waals surface area (Å²) >= 11 is 0. The first-order valence-electron chi connectivity index (χ1n) is 6.03. The van der Waals surface area contributed by atoms with Crippen LogP contribution in [-0.4, -0.2) is 12.5 Å². The predicted molar refractivity (Wildman–Crippen MR) is 68.5 cm³/mol. The molecule has 1 heterocycles. The van der Waals surface area contributed by atoms with Crippen molar-refractivity contribution in [3.63, 3.8) is 0 Å². The van der Waals surface area contributed by atoms with Crippen molar-refractivity contribution in [2.75, 3.05) is 6.61 Å². The molecule has 1 N–H and O–H groups in total. The lowest BCUT2D eigenvalue weighted by atomic mass is 10.1. The maximum atomic E-state index is 13.5. The van der Waals surface area contributed by atoms with Crippen LogP contribution in [0.1, 0.15) is 22.0 Å². The summed E-state index contributed by atoms with van der Waals surface area (Å²) in [6.07, 6.45) is 0. The number of carbonyl (C=O) groups is 1. The molecule has 1 atom stereocenters. The second kappa shape index (κ2) is 4.72. The Kier molecular flexibility index (Phi) is 2.91. The lowest BCUT2D eigenvalue weighted by Gasteiger charge is -2.12. The van der Waals surface area contributed by atoms with E-state index >= 15 is 0 Å². The maximum Gasteiger partial charge on any atom is 0.254 e. The van der Waals surface area contributed by atoms with Crippen molar-refractivity contribution in [3.05, 3.63) is 65.5 Å². The highest BCUT2D eigenvalue weighted by atomic mass is 19.1. The summed E-state index contributed by atoms with van der Waals surface area (Å²) in [6, 6.07) is 13.2. The molecule has 2 aromatic carbocycles. The van der Waals surface area contributed by atoms with Crippen LogP contribution in [0.2, 0.25) is 0 Å². The van der Waals surface area contributed by atoms with Gasteiger partial charge < -0.3 is 10.1 Å². The van der Waals surface area contributed by atoms with Gasteiger partial charge in [-0.25, -0.2) is 4.39 Å². The van der Waals surface area contributed by atoms with Gasteiger partial charge in [-0.15, -0.1) is 0 Å². The minimum atomic E-state index is -0.521. The third-order valence-electron chi connectivity index (χ3n) is 3.12. The van der Waals surface area contributed by atoms with E-state index in [-0.39, 0.29) is 11.6 Å². The van der Waals surface area contributed by atoms with Crippen molar-refractivity contribution in [1.29, 1.82) is 0 Å². The van der Waals surface area contributed by atoms with Gasteiger partial charge in [-0.05, 0) is 18.2 Å². The summed E-state index contributed by atoms with van der Waals surface area (Å²) in [5, 5.41) is 2.79. The summed E-state index contributed by atoms with van der Waals surface area (Å²) in [5.74, 6) is -0.183. The first-order valence-corrected chi connectivity index (χ1v) is 6.03. The zero-order valence-electron chi connectivity index (χ0n) is 10.1. The van der Waals surface area contributed by atoms with E-state index in [1.54, 1.807) is 12.1 Å². The highest BCUT2D eigenvalue weighted by Crippen LogP contribution is 2.31. The number of carbonyl (C=O) groups excluding carboxylic acids is 1. The molecule has 0 saturated carbocycles. The van der Waals surface area contributed by atoms with E-state index < -0.39 is 11.7 Å². The second-order valence-corrected chi connectivity index (χ2v) is 4.35. The molecule has 0 radical (unpaired) electrons. The van der Waals surface area contributed by atoms with Crippen LogP contribution >= 0.6 is 0 Å². The summed E-state index contributed by atoms with van der Waals surface area (Å²) in [4.78, 5) is 12.0. The monoisotopic (exact) mass is 257 g/mol. The highest BCUT2D eigenvalue weighted by Gasteiger charge is 2.26. The average molecular weight is 257 g/mol. The van der Waals surface area contributed by atoms with E-state index in [1.807, 2.05) is 24.3 Å². The second-order valence-electron chi connectivity index (χ2n) is 4.35. The molecule has 0 aliphatic carbocycles. The number of fused-ring (bicyclic) bond motifs is 1. The van der Waals surface area contributed by atoms with Crippen molar-refractivity contribution in [2.45, 2.75) is 6.04 Å². The molecule has 0 spiro atoms. The van der Waals surface area contributed by atoms with Gasteiger partial charge in [-0.1, -0.05) is 30.3 Å². The normalized spacial score (nSPS) is 16.6. The molecule has 0 fully saturated rings. The fourth-order valence-electron chi connectivity index (χ4n) is 2.16. The molecule has 1 aliphatic rings. The van der Waals surface area contributed by atoms with Gasteiger partial charge in [-0.2, -0.15) is 0 Å². The van der Waals surface area contributed by atoms with Crippen molar-refractivity contribution in [3.8, 4) is 5.75 Å². The van der Waals surface area contributed by atoms with Crippen LogP contribution in [0.15, 0.2) is 48.5 Å². The van der Waals surface area contributed by atoms with Crippen molar-refractivity contribution < 1.29 is 13.9 Å². The number of amides is 1. The third-order valence-corrected chi connectivity index (χ3v) is 3.12. The summed E-state index contributed by atoms with van der Waals surface area (Å²) in [7, 11) is 0. The van der Waals surface area contributed by atoms with Crippen LogP contribution in [0.3, 0.4) is 0 Å². The van der Waals surface area contributed by atoms with Crippen LogP contribution in [0.25, 0.3) is 0 Å². The minimum absolute atomic E-state index is 0.0480. The standard InChI is InChI=1S/C15H12FNO2/c16-12-7-3-1-5-10(12)15(18)17-13-9-19-14-8-4-2-6-11(13)14/h1-8,13H,9H2,(H,17,18). The van der Waals surface area contributed by atoms with Crippen molar-refractivity contribution >= 4 is 5.91 Å². The first-order chi connectivity index (χ1) is 9.25. The highest BCUT2D eigenvalue weighted by molar-refractivity contribution is 5.94. The largest absolute Gasteiger partial charge is 0.491 e. The van der Waals surface area contributed by atoms with Crippen LogP contribution in [0.4, 0.5) is 4.39 Å². The molecule has 4 heteroatoms. The molecule has 0 bridgehead atoms. The van der Waals surface area contributed by atoms with Crippen molar-refractivity contribution in [1.82, 2.24) is 5.32 Å². The van der Waals surface area contributed by atoms with Crippen LogP contribution in [0, 0.1) is 5.82 Å². The van der Waals surface area contributed by atoms with Crippen LogP contribution in [0.5, 0.6) is 5.75 Å². The Morgan fingerprint density at radius 2 is 1.89 bits per heavy atom. The van der Waals surface area contributed by atoms with Crippen LogP contribution in [-0.2, 0) is 0 Å². The van der Waals surface area contributed by atoms with Crippen LogP contribution < -0.4 is 10.1 Å². The van der Waals surface area contributed by atoms with E-state index in [2.05, 4.69) is 5.32 Å². The number of hydrogen-bond donors (Lipinski definition) is 1. The molecule has 0 aromatic heterocycles. The Labute approximate surface area is 110 Å². The number of benzene rings is 2. The number of ether oxygens (including phenoxy) is 1. The average Bonchev–Trinajstić information content (AvgIpc) is 2.83. The van der Waals surface area contributed by atoms with E-state index in [0.717, 1.165) is 11.3 Å². The molecular formula is C15H12FNO2. The number of halogens is 1. The van der Waals surface area contributed by atoms with Gasteiger partial charge in [0, 0.05) is 5.56 Å². The SMILES string of the molecule is O=C(NC1COc2ccccc21)c1ccccc1F. The molecule has 96 valence electrons. The molecule has 1 aliphatic heterocycles. The molecule has 3 nitrogen and oxygen atoms in total. The molecule has 1 amide bonds. The third kappa shape index (κ3) is 2.17. The van der Waals surface area contributed by atoms with Gasteiger partial charge in [0.15, 0.2) is 0 Å². The maximum absolute atomic E-state index is 13.5. The fraction of sp³-hybridized carbons (Fsp3) is 0.133. The summed E-state index contributed by atoms with van der Waals surface area (Å²) in [6.45, 7) is 0.375. The number of para-hydroxylation sites is 1. The lowest BCUT2D eigenvalue weighted by Crippen LogP contribution is -2.30. The Morgan fingerprint density at radius 3 is 2.74 bits per heavy atom. The quantitative estimate of drug-likeness (QED) is 0.898. The predicted octanol–water partition coefficient (Wildman–Crippen LogP) is 2.69. The Hall–Kier alpha value is -2.36. The fourth-order valence-corrected chi connectivity index (χ4v) is 2.16. The zero-order chi connectivity index (χ0) is 13.2. The molecule has 1 unspecified atom stereocenters. The van der Waals surface area contributed by atoms with E-state index in [0.29, 0.717) is 6.61 Å². The minimum Gasteiger partial charge on any atom is -0.491 e. The van der Waals surface area contributed by atoms with Gasteiger partial charge >= 0.3 is 0 Å². The molecule has 2 aromatic rings. The number of nitrogens with one attached hydrogen (secondary N) is 1. The van der Waals surface area contributed by atoms with E-state index in [9.17, 15) is 9.18 Å². The number of hydrogen-bond acceptors (Lipinski definition) is 2. The Bertz CT molecular complexity index is 627. The Balaban J connectivity index is 1.81. The number of rotatable bonds is 2. The van der Waals surface area contributed by atoms with E-state index in [1.165, 1.54) is 12.1 Å². The summed E-state index contributed by atoms with van der Waals surface area (Å²) in [5.41, 5.74) is 0.971. The van der Waals surface area contributed by atoms with Gasteiger partial charge in [-0.3, -0.25) is 4.79 Å². The first kappa shape index (κ1) is 11.7. The molecule has 19 heavy (non-hydrogen) atoms. The topological polar surface area (TPSA) is 38.3 Å². The lowest BCUT2D eigenvalue weighted by molar-refractivity contribution is 0.0926.